The van der Waals surface area contributed by atoms with Gasteiger partial charge in [0, 0.05) is 44.1 Å². The molecule has 5 nitrogen and oxygen atoms in total. The largest absolute Gasteiger partial charge is 0.383 e. The topological polar surface area (TPSA) is 56.3 Å². The molecular formula is C14H21N3O2. The Labute approximate surface area is 113 Å². The Balaban J connectivity index is 1.54. The molecule has 1 aromatic rings. The van der Waals surface area contributed by atoms with Crippen molar-refractivity contribution in [3.63, 3.8) is 0 Å². The fourth-order valence-electron chi connectivity index (χ4n) is 2.96. The quantitative estimate of drug-likeness (QED) is 0.783. The minimum absolute atomic E-state index is 0.357. The minimum Gasteiger partial charge on any atom is -0.383 e. The van der Waals surface area contributed by atoms with Crippen molar-refractivity contribution in [2.24, 2.45) is 0 Å². The highest BCUT2D eigenvalue weighted by atomic mass is 16.5. The van der Waals surface area contributed by atoms with Crippen LogP contribution in [0.25, 0.3) is 0 Å². The zero-order valence-corrected chi connectivity index (χ0v) is 11.3. The number of methoxy groups -OCH3 is 1. The van der Waals surface area contributed by atoms with Crippen LogP contribution in [0.4, 0.5) is 0 Å². The van der Waals surface area contributed by atoms with Gasteiger partial charge in [0.25, 0.3) is 0 Å². The van der Waals surface area contributed by atoms with E-state index in [1.807, 2.05) is 12.4 Å². The summed E-state index contributed by atoms with van der Waals surface area (Å²) in [5.41, 5.74) is 1.11. The van der Waals surface area contributed by atoms with E-state index in [0.717, 1.165) is 37.5 Å². The summed E-state index contributed by atoms with van der Waals surface area (Å²) in [5.74, 6) is 1.36. The molecule has 19 heavy (non-hydrogen) atoms. The molecule has 1 N–H and O–H groups in total. The monoisotopic (exact) mass is 263 g/mol. The van der Waals surface area contributed by atoms with Gasteiger partial charge in [-0.2, -0.15) is 0 Å². The molecule has 0 radical (unpaired) electrons. The molecule has 0 aromatic carbocycles. The lowest BCUT2D eigenvalue weighted by Gasteiger charge is -2.16. The Kier molecular flexibility index (Phi) is 4.06. The number of aromatic nitrogens is 2. The van der Waals surface area contributed by atoms with Gasteiger partial charge in [-0.05, 0) is 19.3 Å². The molecule has 0 amide bonds. The maximum Gasteiger partial charge on any atom is 0.133 e. The van der Waals surface area contributed by atoms with E-state index in [4.69, 9.17) is 9.47 Å². The number of hydrogen-bond acceptors (Lipinski definition) is 5. The lowest BCUT2D eigenvalue weighted by Crippen LogP contribution is -2.20. The van der Waals surface area contributed by atoms with Crippen molar-refractivity contribution in [1.82, 2.24) is 15.3 Å². The van der Waals surface area contributed by atoms with Crippen molar-refractivity contribution in [1.29, 1.82) is 0 Å². The highest BCUT2D eigenvalue weighted by Gasteiger charge is 2.42. The van der Waals surface area contributed by atoms with Crippen LogP contribution in [0.15, 0.2) is 12.4 Å². The highest BCUT2D eigenvalue weighted by Crippen LogP contribution is 2.43. The Morgan fingerprint density at radius 2 is 2.21 bits per heavy atom. The highest BCUT2D eigenvalue weighted by molar-refractivity contribution is 5.11. The van der Waals surface area contributed by atoms with E-state index in [1.54, 1.807) is 7.11 Å². The fraction of sp³-hybridized carbons (Fsp3) is 0.714. The SMILES string of the molecule is COCCNCc1cnc(C2CC3CCC2O3)nc1. The van der Waals surface area contributed by atoms with Gasteiger partial charge >= 0.3 is 0 Å². The zero-order valence-electron chi connectivity index (χ0n) is 11.3. The second kappa shape index (κ2) is 5.94. The van der Waals surface area contributed by atoms with E-state index in [1.165, 1.54) is 12.8 Å². The first-order valence-electron chi connectivity index (χ1n) is 7.02. The summed E-state index contributed by atoms with van der Waals surface area (Å²) in [7, 11) is 1.71. The summed E-state index contributed by atoms with van der Waals surface area (Å²) in [6.45, 7) is 2.36. The first-order valence-corrected chi connectivity index (χ1v) is 7.02. The number of rotatable bonds is 6. The molecule has 104 valence electrons. The maximum atomic E-state index is 5.86. The maximum absolute atomic E-state index is 5.86. The number of hydrogen-bond donors (Lipinski definition) is 1. The van der Waals surface area contributed by atoms with Crippen LogP contribution in [0.5, 0.6) is 0 Å². The van der Waals surface area contributed by atoms with Crippen LogP contribution in [0.1, 0.15) is 36.6 Å². The van der Waals surface area contributed by atoms with Crippen LogP contribution in [-0.2, 0) is 16.0 Å². The summed E-state index contributed by atoms with van der Waals surface area (Å²) >= 11 is 0. The van der Waals surface area contributed by atoms with Crippen LogP contribution in [0.3, 0.4) is 0 Å². The van der Waals surface area contributed by atoms with Gasteiger partial charge in [-0.25, -0.2) is 9.97 Å². The molecule has 2 bridgehead atoms. The molecular weight excluding hydrogens is 242 g/mol. The van der Waals surface area contributed by atoms with Crippen LogP contribution in [0.2, 0.25) is 0 Å². The third-order valence-electron chi connectivity index (χ3n) is 3.98. The average molecular weight is 263 g/mol. The summed E-state index contributed by atoms with van der Waals surface area (Å²) in [5, 5.41) is 3.29. The van der Waals surface area contributed by atoms with Gasteiger partial charge in [-0.1, -0.05) is 0 Å². The fourth-order valence-corrected chi connectivity index (χ4v) is 2.96. The first-order chi connectivity index (χ1) is 9.36. The summed E-state index contributed by atoms with van der Waals surface area (Å²) in [6.07, 6.45) is 8.13. The van der Waals surface area contributed by atoms with E-state index in [9.17, 15) is 0 Å². The predicted molar refractivity (Wildman–Crippen MR) is 70.9 cm³/mol. The van der Waals surface area contributed by atoms with Gasteiger partial charge in [-0.3, -0.25) is 0 Å². The molecule has 2 saturated heterocycles. The van der Waals surface area contributed by atoms with Crippen molar-refractivity contribution in [3.8, 4) is 0 Å². The van der Waals surface area contributed by atoms with Gasteiger partial charge in [0.2, 0.25) is 0 Å². The standard InChI is InChI=1S/C14H21N3O2/c1-18-5-4-15-7-10-8-16-14(17-9-10)12-6-11-2-3-13(12)19-11/h8-9,11-13,15H,2-7H2,1H3. The second-order valence-corrected chi connectivity index (χ2v) is 5.34. The summed E-state index contributed by atoms with van der Waals surface area (Å²) in [4.78, 5) is 9.03. The molecule has 1 aromatic heterocycles. The molecule has 0 aliphatic carbocycles. The molecule has 2 fully saturated rings. The number of fused-ring (bicyclic) bond motifs is 2. The Morgan fingerprint density at radius 1 is 1.37 bits per heavy atom. The van der Waals surface area contributed by atoms with Gasteiger partial charge < -0.3 is 14.8 Å². The molecule has 3 rings (SSSR count). The molecule has 2 aliphatic heterocycles. The van der Waals surface area contributed by atoms with Crippen molar-refractivity contribution < 1.29 is 9.47 Å². The van der Waals surface area contributed by atoms with Crippen molar-refractivity contribution >= 4 is 0 Å². The third kappa shape index (κ3) is 2.94. The average Bonchev–Trinajstić information content (AvgIpc) is 3.07. The van der Waals surface area contributed by atoms with E-state index in [0.29, 0.717) is 18.1 Å². The molecule has 0 spiro atoms. The third-order valence-corrected chi connectivity index (χ3v) is 3.98. The normalized spacial score (nSPS) is 29.0. The molecule has 3 unspecified atom stereocenters. The van der Waals surface area contributed by atoms with Gasteiger partial charge in [0.05, 0.1) is 18.8 Å². The van der Waals surface area contributed by atoms with Crippen molar-refractivity contribution in [3.05, 3.63) is 23.8 Å². The second-order valence-electron chi connectivity index (χ2n) is 5.34. The minimum atomic E-state index is 0.357. The molecule has 2 aliphatic rings. The predicted octanol–water partition coefficient (Wildman–Crippen LogP) is 1.25. The van der Waals surface area contributed by atoms with Gasteiger partial charge in [-0.15, -0.1) is 0 Å². The van der Waals surface area contributed by atoms with Crippen molar-refractivity contribution in [2.75, 3.05) is 20.3 Å². The van der Waals surface area contributed by atoms with E-state index >= 15 is 0 Å². The Morgan fingerprint density at radius 3 is 2.84 bits per heavy atom. The Bertz CT molecular complexity index is 410. The number of ether oxygens (including phenoxy) is 2. The van der Waals surface area contributed by atoms with Crippen LogP contribution in [-0.4, -0.2) is 42.4 Å². The van der Waals surface area contributed by atoms with E-state index < -0.39 is 0 Å². The Hall–Kier alpha value is -1.04. The summed E-state index contributed by atoms with van der Waals surface area (Å²) < 4.78 is 10.8. The van der Waals surface area contributed by atoms with E-state index in [-0.39, 0.29) is 0 Å². The molecule has 3 heterocycles. The van der Waals surface area contributed by atoms with Crippen LogP contribution >= 0.6 is 0 Å². The van der Waals surface area contributed by atoms with Crippen LogP contribution < -0.4 is 5.32 Å². The lowest BCUT2D eigenvalue weighted by molar-refractivity contribution is 0.0998. The van der Waals surface area contributed by atoms with E-state index in [2.05, 4.69) is 15.3 Å². The number of nitrogens with zero attached hydrogens (tertiary/aromatic N) is 2. The number of nitrogens with one attached hydrogen (secondary N) is 1. The van der Waals surface area contributed by atoms with Crippen molar-refractivity contribution in [2.45, 2.75) is 43.9 Å². The van der Waals surface area contributed by atoms with Gasteiger partial charge in [0.15, 0.2) is 0 Å². The lowest BCUT2D eigenvalue weighted by atomic mass is 9.88. The molecule has 3 atom stereocenters. The van der Waals surface area contributed by atoms with Gasteiger partial charge in [0.1, 0.15) is 5.82 Å². The summed E-state index contributed by atoms with van der Waals surface area (Å²) in [6, 6.07) is 0. The first kappa shape index (κ1) is 13.0. The molecule has 5 heteroatoms. The smallest absolute Gasteiger partial charge is 0.133 e. The van der Waals surface area contributed by atoms with Crippen LogP contribution in [0, 0.1) is 0 Å². The zero-order chi connectivity index (χ0) is 13.1. The molecule has 0 saturated carbocycles.